The van der Waals surface area contributed by atoms with Crippen LogP contribution >= 0.6 is 11.3 Å². The van der Waals surface area contributed by atoms with E-state index < -0.39 is 0 Å². The molecule has 1 aromatic carbocycles. The Balaban J connectivity index is 2.32. The number of hydrogen-bond acceptors (Lipinski definition) is 7. The Labute approximate surface area is 105 Å². The number of fused-ring (bicyclic) bond motifs is 1. The molecule has 0 fully saturated rings. The van der Waals surface area contributed by atoms with Crippen LogP contribution in [0.3, 0.4) is 0 Å². The van der Waals surface area contributed by atoms with Gasteiger partial charge in [-0.2, -0.15) is 0 Å². The molecule has 3 rings (SSSR count). The van der Waals surface area contributed by atoms with Crippen molar-refractivity contribution in [2.75, 3.05) is 12.8 Å². The summed E-state index contributed by atoms with van der Waals surface area (Å²) in [4.78, 5) is 10.9. The molecular weight excluding hydrogens is 256 g/mol. The number of anilines is 1. The zero-order chi connectivity index (χ0) is 12.7. The molecular formula is C11H8N2O4S. The molecule has 2 N–H and O–H groups in total. The summed E-state index contributed by atoms with van der Waals surface area (Å²) < 4.78 is 15.8. The molecule has 0 bridgehead atoms. The van der Waals surface area contributed by atoms with E-state index in [1.807, 2.05) is 0 Å². The number of methoxy groups -OCH3 is 1. The topological polar surface area (TPSA) is 91.5 Å². The Morgan fingerprint density at radius 3 is 2.94 bits per heavy atom. The minimum atomic E-state index is -0.376. The summed E-state index contributed by atoms with van der Waals surface area (Å²) in [6.45, 7) is 0. The molecule has 6 nitrogen and oxygen atoms in total. The van der Waals surface area contributed by atoms with Crippen LogP contribution in [0.15, 0.2) is 32.1 Å². The molecule has 3 aromatic rings. The van der Waals surface area contributed by atoms with Gasteiger partial charge in [0.15, 0.2) is 11.3 Å². The molecule has 0 saturated carbocycles. The molecule has 92 valence electrons. The number of rotatable bonds is 2. The van der Waals surface area contributed by atoms with Crippen molar-refractivity contribution in [1.82, 2.24) is 5.16 Å². The quantitative estimate of drug-likeness (QED) is 0.762. The first-order valence-electron chi connectivity index (χ1n) is 5.01. The van der Waals surface area contributed by atoms with E-state index in [1.54, 1.807) is 12.1 Å². The summed E-state index contributed by atoms with van der Waals surface area (Å²) in [5, 5.41) is 3.62. The maximum atomic E-state index is 11.3. The summed E-state index contributed by atoms with van der Waals surface area (Å²) in [6, 6.07) is 3.51. The van der Waals surface area contributed by atoms with Gasteiger partial charge in [-0.05, 0) is 17.7 Å². The predicted octanol–water partition coefficient (Wildman–Crippen LogP) is 2.10. The van der Waals surface area contributed by atoms with Gasteiger partial charge in [0.2, 0.25) is 5.88 Å². The lowest BCUT2D eigenvalue weighted by molar-refractivity contribution is 0.409. The van der Waals surface area contributed by atoms with Crippen molar-refractivity contribution in [1.29, 1.82) is 0 Å². The van der Waals surface area contributed by atoms with E-state index in [-0.39, 0.29) is 10.8 Å². The first-order chi connectivity index (χ1) is 8.69. The number of nitrogen functional groups attached to an aromatic ring is 1. The van der Waals surface area contributed by atoms with Crippen LogP contribution in [0.25, 0.3) is 21.4 Å². The van der Waals surface area contributed by atoms with E-state index in [9.17, 15) is 4.79 Å². The van der Waals surface area contributed by atoms with Gasteiger partial charge >= 0.3 is 4.94 Å². The second kappa shape index (κ2) is 3.88. The summed E-state index contributed by atoms with van der Waals surface area (Å²) in [7, 11) is 1.51. The zero-order valence-corrected chi connectivity index (χ0v) is 10.1. The third-order valence-corrected chi connectivity index (χ3v) is 3.30. The van der Waals surface area contributed by atoms with Crippen LogP contribution in [0.4, 0.5) is 5.88 Å². The van der Waals surface area contributed by atoms with Crippen molar-refractivity contribution >= 4 is 27.5 Å². The molecule has 0 aliphatic carbocycles. The van der Waals surface area contributed by atoms with Gasteiger partial charge in [-0.25, -0.2) is 4.79 Å². The van der Waals surface area contributed by atoms with Gasteiger partial charge in [0.1, 0.15) is 0 Å². The van der Waals surface area contributed by atoms with Crippen LogP contribution < -0.4 is 15.4 Å². The van der Waals surface area contributed by atoms with Crippen LogP contribution in [0, 0.1) is 0 Å². The molecule has 0 radical (unpaired) electrons. The maximum absolute atomic E-state index is 11.3. The summed E-state index contributed by atoms with van der Waals surface area (Å²) >= 11 is 1.00. The monoisotopic (exact) mass is 264 g/mol. The number of nitrogens with zero attached hydrogens (tertiary/aromatic N) is 1. The minimum absolute atomic E-state index is 0.215. The smallest absolute Gasteiger partial charge is 0.396 e. The van der Waals surface area contributed by atoms with E-state index in [1.165, 1.54) is 13.3 Å². The highest BCUT2D eigenvalue weighted by Crippen LogP contribution is 2.35. The fourth-order valence-corrected chi connectivity index (χ4v) is 2.44. The first-order valence-corrected chi connectivity index (χ1v) is 5.83. The third kappa shape index (κ3) is 1.56. The van der Waals surface area contributed by atoms with Crippen LogP contribution in [-0.2, 0) is 0 Å². The van der Waals surface area contributed by atoms with Gasteiger partial charge in [-0.15, -0.1) is 0 Å². The average molecular weight is 264 g/mol. The minimum Gasteiger partial charge on any atom is -0.493 e. The Kier molecular flexibility index (Phi) is 2.34. The number of aromatic nitrogens is 1. The van der Waals surface area contributed by atoms with Gasteiger partial charge in [0.05, 0.1) is 23.6 Å². The standard InChI is InChI=1S/C11H8N2O4S/c1-15-7-2-5(6-4-13-17-10(6)12)3-8-9(7)16-11(14)18-8/h2-4H,12H2,1H3. The van der Waals surface area contributed by atoms with Crippen molar-refractivity contribution in [3.05, 3.63) is 28.1 Å². The van der Waals surface area contributed by atoms with E-state index in [2.05, 4.69) is 5.16 Å². The number of nitrogens with two attached hydrogens (primary N) is 1. The lowest BCUT2D eigenvalue weighted by atomic mass is 10.1. The highest BCUT2D eigenvalue weighted by atomic mass is 32.1. The number of benzene rings is 1. The average Bonchev–Trinajstić information content (AvgIpc) is 2.92. The van der Waals surface area contributed by atoms with Crippen LogP contribution in [0.5, 0.6) is 5.75 Å². The van der Waals surface area contributed by atoms with Gasteiger partial charge in [0.25, 0.3) is 0 Å². The highest BCUT2D eigenvalue weighted by molar-refractivity contribution is 7.16. The van der Waals surface area contributed by atoms with Crippen molar-refractivity contribution in [3.8, 4) is 16.9 Å². The van der Waals surface area contributed by atoms with E-state index >= 15 is 0 Å². The van der Waals surface area contributed by atoms with Crippen molar-refractivity contribution < 1.29 is 13.7 Å². The second-order valence-corrected chi connectivity index (χ2v) is 4.54. The molecule has 0 amide bonds. The van der Waals surface area contributed by atoms with Crippen molar-refractivity contribution in [2.45, 2.75) is 0 Å². The predicted molar refractivity (Wildman–Crippen MR) is 66.8 cm³/mol. The SMILES string of the molecule is COc1cc(-c2cnoc2N)cc2sc(=O)oc12. The van der Waals surface area contributed by atoms with Crippen molar-refractivity contribution in [2.24, 2.45) is 0 Å². The van der Waals surface area contributed by atoms with Gasteiger partial charge < -0.3 is 19.4 Å². The van der Waals surface area contributed by atoms with Gasteiger partial charge in [0, 0.05) is 0 Å². The molecule has 0 spiro atoms. The summed E-state index contributed by atoms with van der Waals surface area (Å²) in [5.41, 5.74) is 7.51. The molecule has 7 heteroatoms. The Bertz CT molecular complexity index is 771. The van der Waals surface area contributed by atoms with Crippen LogP contribution in [0.2, 0.25) is 0 Å². The Morgan fingerprint density at radius 2 is 2.28 bits per heavy atom. The molecule has 18 heavy (non-hydrogen) atoms. The highest BCUT2D eigenvalue weighted by Gasteiger charge is 2.14. The number of ether oxygens (including phenoxy) is 1. The number of hydrogen-bond donors (Lipinski definition) is 1. The van der Waals surface area contributed by atoms with Gasteiger partial charge in [-0.3, -0.25) is 0 Å². The Morgan fingerprint density at radius 1 is 1.44 bits per heavy atom. The largest absolute Gasteiger partial charge is 0.493 e. The zero-order valence-electron chi connectivity index (χ0n) is 9.30. The van der Waals surface area contributed by atoms with Crippen LogP contribution in [0.1, 0.15) is 0 Å². The first kappa shape index (κ1) is 10.8. The molecule has 0 aliphatic heterocycles. The summed E-state index contributed by atoms with van der Waals surface area (Å²) in [6.07, 6.45) is 1.51. The summed E-state index contributed by atoms with van der Waals surface area (Å²) in [5.74, 6) is 0.689. The van der Waals surface area contributed by atoms with E-state index in [0.29, 0.717) is 21.6 Å². The fourth-order valence-electron chi connectivity index (χ4n) is 1.72. The van der Waals surface area contributed by atoms with Crippen LogP contribution in [-0.4, -0.2) is 12.3 Å². The van der Waals surface area contributed by atoms with E-state index in [4.69, 9.17) is 19.4 Å². The molecule has 0 aliphatic rings. The second-order valence-electron chi connectivity index (χ2n) is 3.56. The molecule has 2 aromatic heterocycles. The third-order valence-electron chi connectivity index (χ3n) is 2.53. The maximum Gasteiger partial charge on any atom is 0.396 e. The molecule has 0 unspecified atom stereocenters. The molecule has 2 heterocycles. The fraction of sp³-hybridized carbons (Fsp3) is 0.0909. The normalized spacial score (nSPS) is 10.9. The molecule has 0 saturated heterocycles. The Hall–Kier alpha value is -2.28. The molecule has 0 atom stereocenters. The van der Waals surface area contributed by atoms with Crippen molar-refractivity contribution in [3.63, 3.8) is 0 Å². The van der Waals surface area contributed by atoms with Gasteiger partial charge in [-0.1, -0.05) is 16.5 Å². The lowest BCUT2D eigenvalue weighted by Gasteiger charge is -2.03. The van der Waals surface area contributed by atoms with E-state index in [0.717, 1.165) is 16.9 Å². The lowest BCUT2D eigenvalue weighted by Crippen LogP contribution is -1.88.